The molecule has 6 heteroatoms. The first-order valence-electron chi connectivity index (χ1n) is 11.1. The second-order valence-electron chi connectivity index (χ2n) is 8.14. The van der Waals surface area contributed by atoms with E-state index in [9.17, 15) is 4.79 Å². The van der Waals surface area contributed by atoms with E-state index in [0.29, 0.717) is 18.2 Å². The Hall–Kier alpha value is -3.61. The van der Waals surface area contributed by atoms with Crippen molar-refractivity contribution in [3.63, 3.8) is 0 Å². The fourth-order valence-electron chi connectivity index (χ4n) is 4.11. The lowest BCUT2D eigenvalue weighted by molar-refractivity contribution is -0.112. The van der Waals surface area contributed by atoms with Crippen LogP contribution in [0.5, 0.6) is 0 Å². The lowest BCUT2D eigenvalue weighted by Crippen LogP contribution is -2.40. The summed E-state index contributed by atoms with van der Waals surface area (Å²) in [5.74, 6) is 0.397. The van der Waals surface area contributed by atoms with Gasteiger partial charge >= 0.3 is 0 Å². The first-order chi connectivity index (χ1) is 16.7. The van der Waals surface area contributed by atoms with E-state index >= 15 is 0 Å². The van der Waals surface area contributed by atoms with Crippen molar-refractivity contribution in [3.8, 4) is 0 Å². The highest BCUT2D eigenvalue weighted by molar-refractivity contribution is 9.10. The Labute approximate surface area is 207 Å². The van der Waals surface area contributed by atoms with Gasteiger partial charge < -0.3 is 0 Å². The molecule has 0 atom stereocenters. The predicted molar refractivity (Wildman–Crippen MR) is 139 cm³/mol. The van der Waals surface area contributed by atoms with E-state index in [0.717, 1.165) is 28.8 Å². The Bertz CT molecular complexity index is 1270. The number of carbonyl (C=O) groups is 1. The summed E-state index contributed by atoms with van der Waals surface area (Å²) in [7, 11) is 0. The Morgan fingerprint density at radius 2 is 1.47 bits per heavy atom. The fraction of sp³-hybridized carbons (Fsp3) is 0.107. The molecule has 0 aliphatic carbocycles. The molecule has 34 heavy (non-hydrogen) atoms. The van der Waals surface area contributed by atoms with Gasteiger partial charge in [-0.1, -0.05) is 82.7 Å². The quantitative estimate of drug-likeness (QED) is 0.307. The first kappa shape index (κ1) is 22.2. The molecule has 1 aromatic heterocycles. The number of nitrogens with zero attached hydrogens (tertiary/aromatic N) is 4. The molecule has 0 unspecified atom stereocenters. The van der Waals surface area contributed by atoms with Crippen molar-refractivity contribution in [1.29, 1.82) is 0 Å². The minimum absolute atomic E-state index is 0.120. The van der Waals surface area contributed by atoms with Gasteiger partial charge in [0.1, 0.15) is 5.71 Å². The molecular formula is C28H23BrN4O. The van der Waals surface area contributed by atoms with Crippen LogP contribution in [-0.4, -0.2) is 28.2 Å². The number of benzene rings is 3. The molecule has 0 bridgehead atoms. The second kappa shape index (κ2) is 10.1. The van der Waals surface area contributed by atoms with Crippen molar-refractivity contribution >= 4 is 39.1 Å². The van der Waals surface area contributed by atoms with Crippen molar-refractivity contribution < 1.29 is 4.79 Å². The van der Waals surface area contributed by atoms with E-state index in [4.69, 9.17) is 0 Å². The average molecular weight is 511 g/mol. The predicted octanol–water partition coefficient (Wildman–Crippen LogP) is 5.97. The number of rotatable bonds is 7. The number of halogens is 1. The second-order valence-corrected chi connectivity index (χ2v) is 9.06. The van der Waals surface area contributed by atoms with Crippen LogP contribution in [-0.2, 0) is 17.9 Å². The number of fused-ring (bicyclic) bond motifs is 1. The van der Waals surface area contributed by atoms with Gasteiger partial charge in [-0.05, 0) is 41.5 Å². The summed E-state index contributed by atoms with van der Waals surface area (Å²) in [6.07, 6.45) is 1.68. The molecule has 0 spiro atoms. The lowest BCUT2D eigenvalue weighted by atomic mass is 10.1. The number of amides is 1. The molecule has 1 amide bonds. The zero-order chi connectivity index (χ0) is 23.3. The molecule has 3 aromatic carbocycles. The third-order valence-corrected chi connectivity index (χ3v) is 6.16. The van der Waals surface area contributed by atoms with Crippen LogP contribution < -0.4 is 4.90 Å². The SMILES string of the molecule is O=C1/C(=N\c2ccccn2)c2cc(Br)ccc2N1CN(Cc1ccccc1)Cc1ccccc1. The standard InChI is InChI=1S/C28H23BrN4O/c29-23-14-15-25-24(17-23)27(31-26-13-7-8-16-30-26)28(34)33(25)20-32(18-21-9-3-1-4-10-21)19-22-11-5-2-6-12-22/h1-17H,18-20H2/b31-27-. The van der Waals surface area contributed by atoms with Crippen LogP contribution in [0.1, 0.15) is 16.7 Å². The van der Waals surface area contributed by atoms with Crippen LogP contribution in [0.4, 0.5) is 11.5 Å². The van der Waals surface area contributed by atoms with Gasteiger partial charge in [0.25, 0.3) is 5.91 Å². The van der Waals surface area contributed by atoms with Crippen LogP contribution >= 0.6 is 15.9 Å². The topological polar surface area (TPSA) is 48.8 Å². The van der Waals surface area contributed by atoms with Crippen molar-refractivity contribution in [2.24, 2.45) is 4.99 Å². The number of pyridine rings is 1. The van der Waals surface area contributed by atoms with Gasteiger partial charge in [-0.25, -0.2) is 9.98 Å². The summed E-state index contributed by atoms with van der Waals surface area (Å²) < 4.78 is 0.903. The van der Waals surface area contributed by atoms with Crippen LogP contribution in [0.15, 0.2) is 113 Å². The molecule has 0 saturated carbocycles. The molecule has 5 rings (SSSR count). The Balaban J connectivity index is 1.49. The van der Waals surface area contributed by atoms with E-state index in [-0.39, 0.29) is 5.91 Å². The summed E-state index contributed by atoms with van der Waals surface area (Å²) in [5, 5.41) is 0. The summed E-state index contributed by atoms with van der Waals surface area (Å²) >= 11 is 3.55. The molecule has 5 nitrogen and oxygen atoms in total. The smallest absolute Gasteiger partial charge is 0.278 e. The van der Waals surface area contributed by atoms with Crippen molar-refractivity contribution in [1.82, 2.24) is 9.88 Å². The fourth-order valence-corrected chi connectivity index (χ4v) is 4.47. The third-order valence-electron chi connectivity index (χ3n) is 5.67. The molecule has 0 fully saturated rings. The third kappa shape index (κ3) is 4.98. The van der Waals surface area contributed by atoms with Gasteiger partial charge in [0.2, 0.25) is 0 Å². The largest absolute Gasteiger partial charge is 0.293 e. The maximum absolute atomic E-state index is 13.6. The molecular weight excluding hydrogens is 488 g/mol. The Morgan fingerprint density at radius 3 is 2.09 bits per heavy atom. The first-order valence-corrected chi connectivity index (χ1v) is 11.9. The number of hydrogen-bond donors (Lipinski definition) is 0. The lowest BCUT2D eigenvalue weighted by Gasteiger charge is -2.28. The van der Waals surface area contributed by atoms with E-state index < -0.39 is 0 Å². The van der Waals surface area contributed by atoms with Crippen molar-refractivity contribution in [2.75, 3.05) is 11.6 Å². The van der Waals surface area contributed by atoms with Gasteiger partial charge in [0.05, 0.1) is 12.4 Å². The highest BCUT2D eigenvalue weighted by Crippen LogP contribution is 2.33. The monoisotopic (exact) mass is 510 g/mol. The minimum Gasteiger partial charge on any atom is -0.293 e. The normalized spacial score (nSPS) is 14.1. The molecule has 1 aliphatic heterocycles. The molecule has 0 N–H and O–H groups in total. The summed E-state index contributed by atoms with van der Waals surface area (Å²) in [6, 6.07) is 32.1. The minimum atomic E-state index is -0.120. The van der Waals surface area contributed by atoms with Gasteiger partial charge in [-0.2, -0.15) is 0 Å². The highest BCUT2D eigenvalue weighted by Gasteiger charge is 2.35. The molecule has 0 saturated heterocycles. The number of hydrogen-bond acceptors (Lipinski definition) is 4. The summed E-state index contributed by atoms with van der Waals surface area (Å²) in [4.78, 5) is 26.6. The average Bonchev–Trinajstić information content (AvgIpc) is 3.11. The Morgan fingerprint density at radius 1 is 0.824 bits per heavy atom. The zero-order valence-corrected chi connectivity index (χ0v) is 20.1. The Kier molecular flexibility index (Phi) is 6.60. The molecule has 1 aliphatic rings. The molecule has 4 aromatic rings. The van der Waals surface area contributed by atoms with Gasteiger partial charge in [-0.15, -0.1) is 0 Å². The van der Waals surface area contributed by atoms with Crippen LogP contribution in [0.2, 0.25) is 0 Å². The summed E-state index contributed by atoms with van der Waals surface area (Å²) in [6.45, 7) is 1.88. The number of aromatic nitrogens is 1. The maximum atomic E-state index is 13.6. The van der Waals surface area contributed by atoms with E-state index in [1.807, 2.05) is 71.6 Å². The van der Waals surface area contributed by atoms with Crippen LogP contribution in [0.25, 0.3) is 0 Å². The molecule has 168 valence electrons. The zero-order valence-electron chi connectivity index (χ0n) is 18.5. The number of aliphatic imine (C=N–C) groups is 1. The van der Waals surface area contributed by atoms with Crippen molar-refractivity contribution in [2.45, 2.75) is 13.1 Å². The van der Waals surface area contributed by atoms with Gasteiger partial charge in [0, 0.05) is 29.3 Å². The summed E-state index contributed by atoms with van der Waals surface area (Å²) in [5.41, 5.74) is 4.47. The molecule has 0 radical (unpaired) electrons. The van der Waals surface area contributed by atoms with Crippen molar-refractivity contribution in [3.05, 3.63) is 124 Å². The molecule has 2 heterocycles. The highest BCUT2D eigenvalue weighted by atomic mass is 79.9. The van der Waals surface area contributed by atoms with Gasteiger partial charge in [-0.3, -0.25) is 14.6 Å². The van der Waals surface area contributed by atoms with Crippen LogP contribution in [0.3, 0.4) is 0 Å². The van der Waals surface area contributed by atoms with E-state index in [2.05, 4.69) is 55.1 Å². The number of anilines is 1. The number of carbonyl (C=O) groups excluding carboxylic acids is 1. The van der Waals surface area contributed by atoms with Gasteiger partial charge in [0.15, 0.2) is 5.82 Å². The van der Waals surface area contributed by atoms with E-state index in [1.165, 1.54) is 11.1 Å². The maximum Gasteiger partial charge on any atom is 0.278 e. The van der Waals surface area contributed by atoms with Crippen LogP contribution in [0, 0.1) is 0 Å². The van der Waals surface area contributed by atoms with E-state index in [1.54, 1.807) is 12.3 Å².